The summed E-state index contributed by atoms with van der Waals surface area (Å²) in [5, 5.41) is 0. The Bertz CT molecular complexity index is 1320. The number of amides is 1. The number of aryl methyl sites for hydroxylation is 1. The number of carbonyl (C=O) groups is 1. The smallest absolute Gasteiger partial charge is 0.270 e. The van der Waals surface area contributed by atoms with E-state index in [9.17, 15) is 4.79 Å². The molecule has 0 unspecified atom stereocenters. The molecule has 0 aliphatic rings. The molecule has 0 radical (unpaired) electrons. The SMILES string of the molecule is Cc1c(C(=O)N(Cc2ccccc2)c2ccccc2)sc2nc(-c3ccccc3)cn12. The van der Waals surface area contributed by atoms with Crippen LogP contribution >= 0.6 is 11.3 Å². The normalized spacial score (nSPS) is 11.0. The van der Waals surface area contributed by atoms with Crippen molar-refractivity contribution in [3.63, 3.8) is 0 Å². The molecule has 0 N–H and O–H groups in total. The van der Waals surface area contributed by atoms with Crippen LogP contribution in [0, 0.1) is 6.92 Å². The molecule has 0 spiro atoms. The number of hydrogen-bond donors (Lipinski definition) is 0. The molecule has 0 saturated heterocycles. The molecule has 31 heavy (non-hydrogen) atoms. The van der Waals surface area contributed by atoms with Crippen LogP contribution in [0.2, 0.25) is 0 Å². The molecule has 5 heteroatoms. The van der Waals surface area contributed by atoms with Crippen LogP contribution in [0.15, 0.2) is 97.2 Å². The molecule has 0 aliphatic heterocycles. The first-order valence-corrected chi connectivity index (χ1v) is 11.0. The van der Waals surface area contributed by atoms with Gasteiger partial charge in [-0.25, -0.2) is 4.98 Å². The van der Waals surface area contributed by atoms with E-state index in [2.05, 4.69) is 0 Å². The van der Waals surface area contributed by atoms with Crippen molar-refractivity contribution < 1.29 is 4.79 Å². The quantitative estimate of drug-likeness (QED) is 0.337. The van der Waals surface area contributed by atoms with Gasteiger partial charge in [-0.2, -0.15) is 0 Å². The fourth-order valence-corrected chi connectivity index (χ4v) is 4.73. The second kappa shape index (κ2) is 8.20. The van der Waals surface area contributed by atoms with E-state index in [0.29, 0.717) is 11.4 Å². The Kier molecular flexibility index (Phi) is 5.10. The lowest BCUT2D eigenvalue weighted by molar-refractivity contribution is 0.0988. The van der Waals surface area contributed by atoms with Gasteiger partial charge in [0.25, 0.3) is 5.91 Å². The van der Waals surface area contributed by atoms with Crippen molar-refractivity contribution >= 4 is 27.9 Å². The van der Waals surface area contributed by atoms with Gasteiger partial charge in [0, 0.05) is 23.1 Å². The number of para-hydroxylation sites is 1. The Labute approximate surface area is 185 Å². The molecule has 0 saturated carbocycles. The Morgan fingerprint density at radius 2 is 1.52 bits per heavy atom. The predicted molar refractivity (Wildman–Crippen MR) is 127 cm³/mol. The molecule has 0 aliphatic carbocycles. The van der Waals surface area contributed by atoms with Gasteiger partial charge in [0.05, 0.1) is 12.2 Å². The summed E-state index contributed by atoms with van der Waals surface area (Å²) in [5.74, 6) is -0.00989. The third-order valence-corrected chi connectivity index (χ3v) is 6.46. The summed E-state index contributed by atoms with van der Waals surface area (Å²) >= 11 is 1.44. The highest BCUT2D eigenvalue weighted by molar-refractivity contribution is 7.19. The highest BCUT2D eigenvalue weighted by atomic mass is 32.1. The lowest BCUT2D eigenvalue weighted by atomic mass is 10.2. The van der Waals surface area contributed by atoms with E-state index < -0.39 is 0 Å². The number of rotatable bonds is 5. The van der Waals surface area contributed by atoms with Crippen molar-refractivity contribution in [1.82, 2.24) is 9.38 Å². The lowest BCUT2D eigenvalue weighted by Gasteiger charge is -2.22. The van der Waals surface area contributed by atoms with Crippen molar-refractivity contribution in [2.45, 2.75) is 13.5 Å². The number of anilines is 1. The van der Waals surface area contributed by atoms with Gasteiger partial charge in [0.1, 0.15) is 4.88 Å². The van der Waals surface area contributed by atoms with Crippen molar-refractivity contribution in [2.24, 2.45) is 0 Å². The van der Waals surface area contributed by atoms with Gasteiger partial charge < -0.3 is 4.90 Å². The maximum absolute atomic E-state index is 13.7. The van der Waals surface area contributed by atoms with Crippen LogP contribution < -0.4 is 4.90 Å². The maximum Gasteiger partial charge on any atom is 0.270 e. The molecule has 5 aromatic rings. The van der Waals surface area contributed by atoms with Crippen LogP contribution in [0.5, 0.6) is 0 Å². The van der Waals surface area contributed by atoms with Gasteiger partial charge in [-0.05, 0) is 24.6 Å². The molecule has 1 amide bonds. The first kappa shape index (κ1) is 19.3. The van der Waals surface area contributed by atoms with Crippen LogP contribution in [0.25, 0.3) is 16.2 Å². The van der Waals surface area contributed by atoms with E-state index in [0.717, 1.165) is 33.2 Å². The summed E-state index contributed by atoms with van der Waals surface area (Å²) in [4.78, 5) is 21.8. The summed E-state index contributed by atoms with van der Waals surface area (Å²) in [6.45, 7) is 2.50. The average Bonchev–Trinajstić information content (AvgIpc) is 3.38. The largest absolute Gasteiger partial charge is 0.303 e. The number of thiazole rings is 1. The molecule has 2 aromatic heterocycles. The topological polar surface area (TPSA) is 37.6 Å². The minimum atomic E-state index is -0.00989. The van der Waals surface area contributed by atoms with Gasteiger partial charge in [-0.15, -0.1) is 0 Å². The number of hydrogen-bond acceptors (Lipinski definition) is 3. The zero-order valence-electron chi connectivity index (χ0n) is 17.1. The summed E-state index contributed by atoms with van der Waals surface area (Å²) in [7, 11) is 0. The summed E-state index contributed by atoms with van der Waals surface area (Å²) in [6.07, 6.45) is 2.01. The van der Waals surface area contributed by atoms with Crippen molar-refractivity contribution in [2.75, 3.05) is 4.90 Å². The third kappa shape index (κ3) is 3.76. The van der Waals surface area contributed by atoms with E-state index in [4.69, 9.17) is 4.98 Å². The molecule has 2 heterocycles. The van der Waals surface area contributed by atoms with Crippen LogP contribution in [-0.2, 0) is 6.54 Å². The van der Waals surface area contributed by atoms with Crippen molar-refractivity contribution in [3.05, 3.63) is 113 Å². The maximum atomic E-state index is 13.7. The monoisotopic (exact) mass is 423 g/mol. The number of carbonyl (C=O) groups excluding carboxylic acids is 1. The molecular weight excluding hydrogens is 402 g/mol. The first-order chi connectivity index (χ1) is 15.2. The molecule has 4 nitrogen and oxygen atoms in total. The van der Waals surface area contributed by atoms with E-state index in [-0.39, 0.29) is 5.91 Å². The number of imidazole rings is 1. The highest BCUT2D eigenvalue weighted by Crippen LogP contribution is 2.30. The number of nitrogens with zero attached hydrogens (tertiary/aromatic N) is 3. The van der Waals surface area contributed by atoms with Crippen molar-refractivity contribution in [1.29, 1.82) is 0 Å². The number of fused-ring (bicyclic) bond motifs is 1. The van der Waals surface area contributed by atoms with E-state index >= 15 is 0 Å². The molecule has 0 bridgehead atoms. The number of aromatic nitrogens is 2. The van der Waals surface area contributed by atoms with E-state index in [1.54, 1.807) is 0 Å². The van der Waals surface area contributed by atoms with Crippen LogP contribution in [0.1, 0.15) is 20.9 Å². The van der Waals surface area contributed by atoms with Crippen LogP contribution in [0.4, 0.5) is 5.69 Å². The number of benzene rings is 3. The van der Waals surface area contributed by atoms with Gasteiger partial charge in [0.15, 0.2) is 4.96 Å². The second-order valence-electron chi connectivity index (χ2n) is 7.37. The standard InChI is InChI=1S/C26H21N3OS/c1-19-24(31-26-27-23(18-28(19)26)21-13-7-3-8-14-21)25(30)29(22-15-9-4-10-16-22)17-20-11-5-2-6-12-20/h2-16,18H,17H2,1H3. The molecule has 0 fully saturated rings. The van der Waals surface area contributed by atoms with Gasteiger partial charge in [0.2, 0.25) is 0 Å². The first-order valence-electron chi connectivity index (χ1n) is 10.2. The summed E-state index contributed by atoms with van der Waals surface area (Å²) < 4.78 is 2.02. The lowest BCUT2D eigenvalue weighted by Crippen LogP contribution is -2.30. The molecular formula is C26H21N3OS. The minimum absolute atomic E-state index is 0.00989. The molecule has 5 rings (SSSR count). The summed E-state index contributed by atoms with van der Waals surface area (Å²) in [5.41, 5.74) is 4.87. The fraction of sp³-hybridized carbons (Fsp3) is 0.0769. The van der Waals surface area contributed by atoms with Crippen LogP contribution in [-0.4, -0.2) is 15.3 Å². The molecule has 0 atom stereocenters. The molecule has 152 valence electrons. The highest BCUT2D eigenvalue weighted by Gasteiger charge is 2.24. The van der Waals surface area contributed by atoms with Gasteiger partial charge in [-0.1, -0.05) is 90.2 Å². The van der Waals surface area contributed by atoms with Gasteiger partial charge >= 0.3 is 0 Å². The fourth-order valence-electron chi connectivity index (χ4n) is 3.67. The zero-order valence-corrected chi connectivity index (χ0v) is 17.9. The third-order valence-electron chi connectivity index (χ3n) is 5.32. The average molecular weight is 424 g/mol. The van der Waals surface area contributed by atoms with Crippen LogP contribution in [0.3, 0.4) is 0 Å². The Balaban J connectivity index is 1.53. The zero-order chi connectivity index (χ0) is 21.2. The Morgan fingerprint density at radius 1 is 0.903 bits per heavy atom. The Hall–Kier alpha value is -3.70. The second-order valence-corrected chi connectivity index (χ2v) is 8.35. The van der Waals surface area contributed by atoms with E-state index in [1.165, 1.54) is 11.3 Å². The summed E-state index contributed by atoms with van der Waals surface area (Å²) in [6, 6.07) is 30.0. The van der Waals surface area contributed by atoms with E-state index in [1.807, 2.05) is 113 Å². The minimum Gasteiger partial charge on any atom is -0.303 e. The molecule has 3 aromatic carbocycles. The predicted octanol–water partition coefficient (Wildman–Crippen LogP) is 6.22. The van der Waals surface area contributed by atoms with Gasteiger partial charge in [-0.3, -0.25) is 9.20 Å². The van der Waals surface area contributed by atoms with Crippen molar-refractivity contribution in [3.8, 4) is 11.3 Å². The Morgan fingerprint density at radius 3 is 2.16 bits per heavy atom.